The Morgan fingerprint density at radius 1 is 0.500 bits per heavy atom. The minimum atomic E-state index is 0.172. The summed E-state index contributed by atoms with van der Waals surface area (Å²) in [4.78, 5) is 0. The van der Waals surface area contributed by atoms with Gasteiger partial charge in [-0.1, -0.05) is 155 Å². The number of phenolic OH excluding ortho intramolecular Hbond substituents is 1. The van der Waals surface area contributed by atoms with E-state index in [0.29, 0.717) is 5.75 Å². The minimum absolute atomic E-state index is 0.172. The lowest BCUT2D eigenvalue weighted by Crippen LogP contribution is -2.27. The van der Waals surface area contributed by atoms with Crippen LogP contribution in [-0.2, 0) is 5.41 Å². The van der Waals surface area contributed by atoms with Gasteiger partial charge in [-0.3, -0.25) is 0 Å². The topological polar surface area (TPSA) is 20.2 Å². The molecule has 1 heteroatoms. The Hall–Kier alpha value is -0.980. The van der Waals surface area contributed by atoms with Crippen LogP contribution >= 0.6 is 0 Å². The molecule has 0 fully saturated rings. The second-order valence-corrected chi connectivity index (χ2v) is 10.4. The largest absolute Gasteiger partial charge is 0.508 e. The van der Waals surface area contributed by atoms with Crippen molar-refractivity contribution in [2.75, 3.05) is 0 Å². The SMILES string of the molecule is CCCCCCCCCCC(CCCC)(CCCCCCCCCC)c1ccccc1O. The van der Waals surface area contributed by atoms with Crippen LogP contribution in [0.3, 0.4) is 0 Å². The van der Waals surface area contributed by atoms with Gasteiger partial charge >= 0.3 is 0 Å². The summed E-state index contributed by atoms with van der Waals surface area (Å²) >= 11 is 0. The maximum absolute atomic E-state index is 10.8. The Morgan fingerprint density at radius 2 is 0.875 bits per heavy atom. The Labute approximate surface area is 201 Å². The molecule has 0 aliphatic heterocycles. The number of hydrogen-bond donors (Lipinski definition) is 1. The number of unbranched alkanes of at least 4 members (excludes halogenated alkanes) is 15. The van der Waals surface area contributed by atoms with Crippen LogP contribution in [0.5, 0.6) is 5.75 Å². The van der Waals surface area contributed by atoms with Crippen LogP contribution in [0.25, 0.3) is 0 Å². The third-order valence-electron chi connectivity index (χ3n) is 7.50. The monoisotopic (exact) mass is 444 g/mol. The fourth-order valence-corrected chi connectivity index (χ4v) is 5.41. The van der Waals surface area contributed by atoms with Crippen molar-refractivity contribution in [3.8, 4) is 5.75 Å². The summed E-state index contributed by atoms with van der Waals surface area (Å²) in [7, 11) is 0. The summed E-state index contributed by atoms with van der Waals surface area (Å²) in [5.41, 5.74) is 1.41. The first-order valence-corrected chi connectivity index (χ1v) is 14.5. The number of aromatic hydroxyl groups is 1. The molecule has 1 aromatic carbocycles. The normalized spacial score (nSPS) is 11.8. The molecule has 0 aliphatic rings. The standard InChI is InChI=1S/C31H56O/c1-4-7-10-12-14-16-18-22-27-31(26-9-6-3,29-24-20-21-25-30(29)32)28-23-19-17-15-13-11-8-5-2/h20-21,24-25,32H,4-19,22-23,26-28H2,1-3H3. The summed E-state index contributed by atoms with van der Waals surface area (Å²) in [6, 6.07) is 8.26. The van der Waals surface area contributed by atoms with Crippen LogP contribution in [0.15, 0.2) is 24.3 Å². The van der Waals surface area contributed by atoms with E-state index >= 15 is 0 Å². The Balaban J connectivity index is 2.64. The average molecular weight is 445 g/mol. The molecule has 1 N–H and O–H groups in total. The fourth-order valence-electron chi connectivity index (χ4n) is 5.41. The summed E-state index contributed by atoms with van der Waals surface area (Å²) < 4.78 is 0. The summed E-state index contributed by atoms with van der Waals surface area (Å²) in [6.07, 6.45) is 28.2. The molecular formula is C31H56O. The summed E-state index contributed by atoms with van der Waals surface area (Å²) in [5.74, 6) is 0.530. The highest BCUT2D eigenvalue weighted by molar-refractivity contribution is 5.38. The lowest BCUT2D eigenvalue weighted by molar-refractivity contribution is 0.291. The molecule has 0 aliphatic carbocycles. The Bertz CT molecular complexity index is 515. The highest BCUT2D eigenvalue weighted by Crippen LogP contribution is 2.44. The summed E-state index contributed by atoms with van der Waals surface area (Å²) in [5, 5.41) is 10.8. The van der Waals surface area contributed by atoms with Crippen molar-refractivity contribution in [1.82, 2.24) is 0 Å². The molecule has 186 valence electrons. The third kappa shape index (κ3) is 12.3. The smallest absolute Gasteiger partial charge is 0.119 e. The molecule has 0 atom stereocenters. The second-order valence-electron chi connectivity index (χ2n) is 10.4. The first-order chi connectivity index (χ1) is 15.7. The molecule has 0 unspecified atom stereocenters. The highest BCUT2D eigenvalue weighted by Gasteiger charge is 2.32. The molecular weight excluding hydrogens is 388 g/mol. The van der Waals surface area contributed by atoms with E-state index < -0.39 is 0 Å². The lowest BCUT2D eigenvalue weighted by Gasteiger charge is -2.36. The molecule has 0 saturated carbocycles. The van der Waals surface area contributed by atoms with Crippen molar-refractivity contribution in [1.29, 1.82) is 0 Å². The quantitative estimate of drug-likeness (QED) is 0.176. The van der Waals surface area contributed by atoms with E-state index in [1.165, 1.54) is 140 Å². The molecule has 0 heterocycles. The zero-order valence-corrected chi connectivity index (χ0v) is 22.1. The maximum Gasteiger partial charge on any atom is 0.119 e. The molecule has 1 aromatic rings. The van der Waals surface area contributed by atoms with Crippen molar-refractivity contribution in [2.45, 2.75) is 161 Å². The molecule has 0 spiro atoms. The molecule has 1 rings (SSSR count). The van der Waals surface area contributed by atoms with Gasteiger partial charge in [0.2, 0.25) is 0 Å². The molecule has 0 saturated heterocycles. The lowest BCUT2D eigenvalue weighted by atomic mass is 9.69. The van der Waals surface area contributed by atoms with Crippen LogP contribution in [0.2, 0.25) is 0 Å². The molecule has 0 bridgehead atoms. The van der Waals surface area contributed by atoms with Gasteiger partial charge in [0, 0.05) is 5.56 Å². The number of hydrogen-bond acceptors (Lipinski definition) is 1. The van der Waals surface area contributed by atoms with Gasteiger partial charge in [0.25, 0.3) is 0 Å². The fraction of sp³-hybridized carbons (Fsp3) is 0.806. The van der Waals surface area contributed by atoms with Gasteiger partial charge in [0.15, 0.2) is 0 Å². The number of phenols is 1. The van der Waals surface area contributed by atoms with E-state index in [9.17, 15) is 5.11 Å². The van der Waals surface area contributed by atoms with Gasteiger partial charge < -0.3 is 5.11 Å². The van der Waals surface area contributed by atoms with Crippen molar-refractivity contribution in [3.05, 3.63) is 29.8 Å². The summed E-state index contributed by atoms with van der Waals surface area (Å²) in [6.45, 7) is 6.89. The van der Waals surface area contributed by atoms with Crippen molar-refractivity contribution in [2.24, 2.45) is 0 Å². The van der Waals surface area contributed by atoms with Gasteiger partial charge in [-0.15, -0.1) is 0 Å². The average Bonchev–Trinajstić information content (AvgIpc) is 2.81. The molecule has 0 radical (unpaired) electrons. The second kappa shape index (κ2) is 19.5. The zero-order valence-electron chi connectivity index (χ0n) is 22.1. The van der Waals surface area contributed by atoms with Gasteiger partial charge in [-0.05, 0) is 30.7 Å². The van der Waals surface area contributed by atoms with E-state index in [1.54, 1.807) is 0 Å². The first-order valence-electron chi connectivity index (χ1n) is 14.5. The molecule has 0 aromatic heterocycles. The van der Waals surface area contributed by atoms with Gasteiger partial charge in [-0.2, -0.15) is 0 Å². The third-order valence-corrected chi connectivity index (χ3v) is 7.50. The maximum atomic E-state index is 10.8. The van der Waals surface area contributed by atoms with Crippen LogP contribution in [0.4, 0.5) is 0 Å². The van der Waals surface area contributed by atoms with Crippen molar-refractivity contribution >= 4 is 0 Å². The van der Waals surface area contributed by atoms with Crippen LogP contribution < -0.4 is 0 Å². The number of para-hydroxylation sites is 1. The van der Waals surface area contributed by atoms with E-state index in [4.69, 9.17) is 0 Å². The predicted octanol–water partition coefficient (Wildman–Crippen LogP) is 10.9. The molecule has 1 nitrogen and oxygen atoms in total. The number of rotatable bonds is 22. The van der Waals surface area contributed by atoms with Crippen LogP contribution in [0.1, 0.15) is 161 Å². The van der Waals surface area contributed by atoms with E-state index in [0.717, 1.165) is 0 Å². The highest BCUT2D eigenvalue weighted by atomic mass is 16.3. The van der Waals surface area contributed by atoms with Gasteiger partial charge in [0.05, 0.1) is 0 Å². The van der Waals surface area contributed by atoms with Crippen molar-refractivity contribution < 1.29 is 5.11 Å². The Morgan fingerprint density at radius 3 is 1.31 bits per heavy atom. The zero-order chi connectivity index (χ0) is 23.3. The van der Waals surface area contributed by atoms with E-state index in [2.05, 4.69) is 32.9 Å². The molecule has 0 amide bonds. The van der Waals surface area contributed by atoms with Gasteiger partial charge in [-0.25, -0.2) is 0 Å². The minimum Gasteiger partial charge on any atom is -0.508 e. The predicted molar refractivity (Wildman–Crippen MR) is 144 cm³/mol. The van der Waals surface area contributed by atoms with Crippen LogP contribution in [0, 0.1) is 0 Å². The van der Waals surface area contributed by atoms with E-state index in [-0.39, 0.29) is 5.41 Å². The molecule has 32 heavy (non-hydrogen) atoms. The van der Waals surface area contributed by atoms with Crippen LogP contribution in [-0.4, -0.2) is 5.11 Å². The van der Waals surface area contributed by atoms with E-state index in [1.807, 2.05) is 12.1 Å². The number of benzene rings is 1. The first kappa shape index (κ1) is 29.1. The van der Waals surface area contributed by atoms with Gasteiger partial charge in [0.1, 0.15) is 5.75 Å². The Kier molecular flexibility index (Phi) is 17.7. The van der Waals surface area contributed by atoms with Crippen molar-refractivity contribution in [3.63, 3.8) is 0 Å².